The first-order valence-corrected chi connectivity index (χ1v) is 8.39. The lowest BCUT2D eigenvalue weighted by atomic mass is 10.00. The number of hydrogen-bond donors (Lipinski definition) is 0. The molecule has 0 aliphatic carbocycles. The van der Waals surface area contributed by atoms with Crippen LogP contribution in [-0.4, -0.2) is 46.2 Å². The Balaban J connectivity index is 1.71. The van der Waals surface area contributed by atoms with Crippen molar-refractivity contribution in [1.29, 1.82) is 0 Å². The molecule has 1 amide bonds. The molecule has 0 N–H and O–H groups in total. The second-order valence-electron chi connectivity index (χ2n) is 6.22. The van der Waals surface area contributed by atoms with E-state index in [1.807, 2.05) is 48.5 Å². The van der Waals surface area contributed by atoms with Gasteiger partial charge in [-0.3, -0.25) is 19.5 Å². The van der Waals surface area contributed by atoms with E-state index in [0.29, 0.717) is 17.6 Å². The van der Waals surface area contributed by atoms with Crippen LogP contribution in [0.25, 0.3) is 22.6 Å². The fourth-order valence-corrected chi connectivity index (χ4v) is 2.97. The Morgan fingerprint density at radius 1 is 0.926 bits per heavy atom. The standard InChI is InChI=1S/C20H16N4O3/c1-12-22-23-19(27-12)16-8-4-6-14(10-16)13-5-3-7-15(9-13)18-21-11-17(25)20(26)24(18)2/h3-10H,11H2,1-2H3. The average molecular weight is 360 g/mol. The quantitative estimate of drug-likeness (QED) is 0.670. The Labute approximate surface area is 155 Å². The largest absolute Gasteiger partial charge is 0.421 e. The lowest BCUT2D eigenvalue weighted by Crippen LogP contribution is -2.43. The van der Waals surface area contributed by atoms with Gasteiger partial charge in [0.15, 0.2) is 0 Å². The number of benzene rings is 2. The van der Waals surface area contributed by atoms with Gasteiger partial charge in [0, 0.05) is 25.1 Å². The summed E-state index contributed by atoms with van der Waals surface area (Å²) in [6.07, 6.45) is 0. The molecular formula is C20H16N4O3. The van der Waals surface area contributed by atoms with Gasteiger partial charge in [0.1, 0.15) is 12.4 Å². The minimum absolute atomic E-state index is 0.116. The number of aliphatic imine (C=N–C) groups is 1. The number of aromatic nitrogens is 2. The van der Waals surface area contributed by atoms with Gasteiger partial charge in [0.05, 0.1) is 0 Å². The molecule has 27 heavy (non-hydrogen) atoms. The van der Waals surface area contributed by atoms with Gasteiger partial charge in [-0.15, -0.1) is 10.2 Å². The van der Waals surface area contributed by atoms with Crippen molar-refractivity contribution in [2.24, 2.45) is 4.99 Å². The maximum Gasteiger partial charge on any atom is 0.297 e. The van der Waals surface area contributed by atoms with E-state index in [1.54, 1.807) is 14.0 Å². The number of amidine groups is 1. The van der Waals surface area contributed by atoms with Crippen LogP contribution in [-0.2, 0) is 9.59 Å². The SMILES string of the molecule is Cc1nnc(-c2cccc(-c3cccc(C4=NCC(=O)C(=O)N4C)c3)c2)o1. The summed E-state index contributed by atoms with van der Waals surface area (Å²) < 4.78 is 5.50. The molecule has 1 aromatic heterocycles. The first kappa shape index (κ1) is 16.8. The lowest BCUT2D eigenvalue weighted by molar-refractivity contribution is -0.141. The highest BCUT2D eigenvalue weighted by Gasteiger charge is 2.27. The third-order valence-electron chi connectivity index (χ3n) is 4.32. The highest BCUT2D eigenvalue weighted by molar-refractivity contribution is 6.42. The maximum absolute atomic E-state index is 11.9. The van der Waals surface area contributed by atoms with Gasteiger partial charge in [-0.05, 0) is 29.3 Å². The molecule has 0 unspecified atom stereocenters. The summed E-state index contributed by atoms with van der Waals surface area (Å²) in [5.74, 6) is 0.421. The first-order valence-electron chi connectivity index (χ1n) is 8.39. The van der Waals surface area contributed by atoms with Crippen molar-refractivity contribution in [3.8, 4) is 22.6 Å². The molecule has 2 heterocycles. The van der Waals surface area contributed by atoms with Crippen LogP contribution < -0.4 is 0 Å². The zero-order chi connectivity index (χ0) is 19.0. The molecule has 0 saturated heterocycles. The number of nitrogens with zero attached hydrogens (tertiary/aromatic N) is 4. The Kier molecular flexibility index (Phi) is 4.12. The van der Waals surface area contributed by atoms with Crippen molar-refractivity contribution >= 4 is 17.5 Å². The summed E-state index contributed by atoms with van der Waals surface area (Å²) in [6.45, 7) is 1.63. The summed E-state index contributed by atoms with van der Waals surface area (Å²) in [5.41, 5.74) is 3.51. The smallest absolute Gasteiger partial charge is 0.297 e. The van der Waals surface area contributed by atoms with E-state index in [0.717, 1.165) is 22.3 Å². The monoisotopic (exact) mass is 360 g/mol. The molecule has 0 radical (unpaired) electrons. The van der Waals surface area contributed by atoms with E-state index >= 15 is 0 Å². The van der Waals surface area contributed by atoms with Crippen molar-refractivity contribution < 1.29 is 14.0 Å². The van der Waals surface area contributed by atoms with Gasteiger partial charge in [0.2, 0.25) is 17.6 Å². The molecule has 134 valence electrons. The zero-order valence-electron chi connectivity index (χ0n) is 14.8. The number of likely N-dealkylation sites (N-methyl/N-ethyl adjacent to an activating group) is 1. The molecular weight excluding hydrogens is 344 g/mol. The average Bonchev–Trinajstić information content (AvgIpc) is 3.13. The van der Waals surface area contributed by atoms with Crippen molar-refractivity contribution in [2.45, 2.75) is 6.92 Å². The highest BCUT2D eigenvalue weighted by Crippen LogP contribution is 2.27. The molecule has 1 aliphatic heterocycles. The molecule has 0 spiro atoms. The molecule has 7 heteroatoms. The van der Waals surface area contributed by atoms with Gasteiger partial charge in [-0.1, -0.05) is 30.3 Å². The van der Waals surface area contributed by atoms with Crippen LogP contribution in [0, 0.1) is 6.92 Å². The fourth-order valence-electron chi connectivity index (χ4n) is 2.97. The fraction of sp³-hybridized carbons (Fsp3) is 0.150. The Bertz CT molecular complexity index is 1080. The number of ketones is 1. The Hall–Kier alpha value is -3.61. The molecule has 0 fully saturated rings. The number of amides is 1. The number of hydrogen-bond acceptors (Lipinski definition) is 6. The van der Waals surface area contributed by atoms with E-state index in [2.05, 4.69) is 15.2 Å². The minimum Gasteiger partial charge on any atom is -0.421 e. The number of rotatable bonds is 3. The van der Waals surface area contributed by atoms with Gasteiger partial charge < -0.3 is 4.42 Å². The minimum atomic E-state index is -0.542. The first-order chi connectivity index (χ1) is 13.0. The number of carbonyl (C=O) groups is 2. The van der Waals surface area contributed by atoms with Gasteiger partial charge in [0.25, 0.3) is 5.91 Å². The van der Waals surface area contributed by atoms with Crippen molar-refractivity contribution in [3.05, 3.63) is 60.0 Å². The highest BCUT2D eigenvalue weighted by atomic mass is 16.4. The Morgan fingerprint density at radius 2 is 1.56 bits per heavy atom. The molecule has 4 rings (SSSR count). The number of aryl methyl sites for hydroxylation is 1. The third-order valence-corrected chi connectivity index (χ3v) is 4.32. The van der Waals surface area contributed by atoms with E-state index < -0.39 is 11.7 Å². The van der Waals surface area contributed by atoms with Crippen molar-refractivity contribution in [2.75, 3.05) is 13.6 Å². The molecule has 2 aromatic carbocycles. The number of carbonyl (C=O) groups excluding carboxylic acids is 2. The third kappa shape index (κ3) is 3.15. The van der Waals surface area contributed by atoms with Crippen LogP contribution in [0.1, 0.15) is 11.5 Å². The van der Waals surface area contributed by atoms with Crippen molar-refractivity contribution in [3.63, 3.8) is 0 Å². The van der Waals surface area contributed by atoms with Gasteiger partial charge >= 0.3 is 0 Å². The van der Waals surface area contributed by atoms with Gasteiger partial charge in [-0.25, -0.2) is 0 Å². The van der Waals surface area contributed by atoms with Crippen LogP contribution in [0.15, 0.2) is 57.9 Å². The molecule has 0 bridgehead atoms. The summed E-state index contributed by atoms with van der Waals surface area (Å²) >= 11 is 0. The van der Waals surface area contributed by atoms with Crippen LogP contribution in [0.3, 0.4) is 0 Å². The molecule has 0 saturated carbocycles. The van der Waals surface area contributed by atoms with E-state index in [4.69, 9.17) is 4.42 Å². The predicted molar refractivity (Wildman–Crippen MR) is 99.1 cm³/mol. The summed E-state index contributed by atoms with van der Waals surface area (Å²) in [7, 11) is 1.56. The van der Waals surface area contributed by atoms with Crippen LogP contribution >= 0.6 is 0 Å². The summed E-state index contributed by atoms with van der Waals surface area (Å²) in [4.78, 5) is 29.0. The van der Waals surface area contributed by atoms with Gasteiger partial charge in [-0.2, -0.15) is 0 Å². The van der Waals surface area contributed by atoms with Crippen LogP contribution in [0.5, 0.6) is 0 Å². The second kappa shape index (κ2) is 6.60. The molecule has 0 atom stereocenters. The zero-order valence-corrected chi connectivity index (χ0v) is 14.8. The summed E-state index contributed by atoms with van der Waals surface area (Å²) in [6, 6.07) is 15.4. The lowest BCUT2D eigenvalue weighted by Gasteiger charge is -2.22. The Morgan fingerprint density at radius 3 is 2.22 bits per heavy atom. The topological polar surface area (TPSA) is 88.7 Å². The molecule has 7 nitrogen and oxygen atoms in total. The normalized spacial score (nSPS) is 14.4. The van der Waals surface area contributed by atoms with Crippen LogP contribution in [0.2, 0.25) is 0 Å². The van der Waals surface area contributed by atoms with Crippen LogP contribution in [0.4, 0.5) is 0 Å². The predicted octanol–water partition coefficient (Wildman–Crippen LogP) is 2.50. The molecule has 1 aliphatic rings. The van der Waals surface area contributed by atoms with Crippen molar-refractivity contribution in [1.82, 2.24) is 15.1 Å². The van der Waals surface area contributed by atoms with E-state index in [9.17, 15) is 9.59 Å². The number of Topliss-reactive ketones (excluding diaryl/α,β-unsaturated/α-hetero) is 1. The maximum atomic E-state index is 11.9. The summed E-state index contributed by atoms with van der Waals surface area (Å²) in [5, 5.41) is 7.92. The van der Waals surface area contributed by atoms with E-state index in [1.165, 1.54) is 4.90 Å². The molecule has 3 aromatic rings. The second-order valence-corrected chi connectivity index (χ2v) is 6.22. The van der Waals surface area contributed by atoms with E-state index in [-0.39, 0.29) is 6.54 Å².